The van der Waals surface area contributed by atoms with E-state index < -0.39 is 11.7 Å². The standard InChI is InChI=1S/C14H13F3N4O2.ClH/c15-14(16,17)8-6-23-11-5-7(10-2-1-3-22-10)4-9(12(8)11)20-21-13(18)19;/h1-3,6-7H,4-5H2,(H4,18,19,21);1H/b20-9-;. The molecule has 0 fully saturated rings. The van der Waals surface area contributed by atoms with E-state index >= 15 is 0 Å². The number of hydrogen-bond donors (Lipinski definition) is 2. The first-order valence-electron chi connectivity index (χ1n) is 6.73. The molecule has 0 aliphatic heterocycles. The van der Waals surface area contributed by atoms with Crippen molar-refractivity contribution in [3.63, 3.8) is 0 Å². The second-order valence-electron chi connectivity index (χ2n) is 5.14. The summed E-state index contributed by atoms with van der Waals surface area (Å²) < 4.78 is 49.9. The molecule has 0 radical (unpaired) electrons. The van der Waals surface area contributed by atoms with E-state index in [1.165, 1.54) is 6.26 Å². The molecule has 1 unspecified atom stereocenters. The summed E-state index contributed by atoms with van der Waals surface area (Å²) in [5, 5.41) is 7.27. The predicted molar refractivity (Wildman–Crippen MR) is 83.1 cm³/mol. The fraction of sp³-hybridized carbons (Fsp3) is 0.286. The summed E-state index contributed by atoms with van der Waals surface area (Å²) in [5.41, 5.74) is 9.57. The van der Waals surface area contributed by atoms with E-state index in [1.807, 2.05) is 0 Å². The van der Waals surface area contributed by atoms with Crippen molar-refractivity contribution in [1.29, 1.82) is 0 Å². The first-order chi connectivity index (χ1) is 10.9. The molecular weight excluding hydrogens is 349 g/mol. The van der Waals surface area contributed by atoms with Gasteiger partial charge in [0.1, 0.15) is 23.3 Å². The Hall–Kier alpha value is -2.42. The quantitative estimate of drug-likeness (QED) is 0.487. The van der Waals surface area contributed by atoms with Crippen LogP contribution in [0.1, 0.15) is 35.0 Å². The lowest BCUT2D eigenvalue weighted by atomic mass is 9.84. The van der Waals surface area contributed by atoms with E-state index in [1.54, 1.807) is 12.1 Å². The summed E-state index contributed by atoms with van der Waals surface area (Å²) in [7, 11) is 0. The average molecular weight is 363 g/mol. The first kappa shape index (κ1) is 17.9. The summed E-state index contributed by atoms with van der Waals surface area (Å²) in [4.78, 5) is 0. The van der Waals surface area contributed by atoms with Crippen LogP contribution < -0.4 is 11.5 Å². The van der Waals surface area contributed by atoms with Crippen LogP contribution in [0.4, 0.5) is 13.2 Å². The minimum absolute atomic E-state index is 0. The number of halogens is 4. The van der Waals surface area contributed by atoms with Crippen LogP contribution in [0.5, 0.6) is 0 Å². The van der Waals surface area contributed by atoms with Gasteiger partial charge in [-0.15, -0.1) is 17.5 Å². The van der Waals surface area contributed by atoms with E-state index in [2.05, 4.69) is 10.2 Å². The van der Waals surface area contributed by atoms with Gasteiger partial charge >= 0.3 is 6.18 Å². The van der Waals surface area contributed by atoms with Crippen LogP contribution in [0.25, 0.3) is 0 Å². The third-order valence-corrected chi connectivity index (χ3v) is 3.56. The largest absolute Gasteiger partial charge is 0.469 e. The normalized spacial score (nSPS) is 18.8. The minimum Gasteiger partial charge on any atom is -0.469 e. The number of alkyl halides is 3. The van der Waals surface area contributed by atoms with Crippen LogP contribution in [-0.2, 0) is 12.6 Å². The highest BCUT2D eigenvalue weighted by molar-refractivity contribution is 6.04. The molecule has 6 nitrogen and oxygen atoms in total. The molecule has 24 heavy (non-hydrogen) atoms. The Morgan fingerprint density at radius 2 is 1.96 bits per heavy atom. The van der Waals surface area contributed by atoms with Crippen LogP contribution in [0, 0.1) is 0 Å². The molecule has 130 valence electrons. The average Bonchev–Trinajstić information content (AvgIpc) is 3.12. The maximum absolute atomic E-state index is 13.1. The molecule has 2 aromatic heterocycles. The monoisotopic (exact) mass is 362 g/mol. The van der Waals surface area contributed by atoms with Gasteiger partial charge in [-0.25, -0.2) is 0 Å². The van der Waals surface area contributed by atoms with Crippen LogP contribution in [0.2, 0.25) is 0 Å². The minimum atomic E-state index is -4.55. The molecule has 4 N–H and O–H groups in total. The van der Waals surface area contributed by atoms with Crippen molar-refractivity contribution in [3.8, 4) is 0 Å². The van der Waals surface area contributed by atoms with Gasteiger partial charge in [0, 0.05) is 18.8 Å². The predicted octanol–water partition coefficient (Wildman–Crippen LogP) is 3.02. The van der Waals surface area contributed by atoms with Crippen molar-refractivity contribution >= 4 is 24.1 Å². The molecule has 0 saturated heterocycles. The maximum atomic E-state index is 13.1. The Bertz CT molecular complexity index is 762. The Morgan fingerprint density at radius 1 is 1.21 bits per heavy atom. The highest BCUT2D eigenvalue weighted by atomic mass is 35.5. The smallest absolute Gasteiger partial charge is 0.420 e. The molecule has 0 spiro atoms. The zero-order valence-electron chi connectivity index (χ0n) is 12.2. The first-order valence-corrected chi connectivity index (χ1v) is 6.73. The molecule has 1 atom stereocenters. The SMILES string of the molecule is Cl.NC(N)=N/N=C1/CC(c2ccco2)Cc2occ(C(F)(F)F)c21. The summed E-state index contributed by atoms with van der Waals surface area (Å²) >= 11 is 0. The Morgan fingerprint density at radius 3 is 2.54 bits per heavy atom. The van der Waals surface area contributed by atoms with E-state index in [9.17, 15) is 13.2 Å². The van der Waals surface area contributed by atoms with Gasteiger partial charge in [0.15, 0.2) is 0 Å². The van der Waals surface area contributed by atoms with E-state index in [0.29, 0.717) is 12.0 Å². The molecular formula is C14H14ClF3N4O2. The number of hydrogen-bond acceptors (Lipinski definition) is 4. The number of nitrogens with zero attached hydrogens (tertiary/aromatic N) is 2. The van der Waals surface area contributed by atoms with Crippen molar-refractivity contribution in [2.75, 3.05) is 0 Å². The van der Waals surface area contributed by atoms with Crippen molar-refractivity contribution < 1.29 is 22.0 Å². The zero-order valence-corrected chi connectivity index (χ0v) is 13.0. The van der Waals surface area contributed by atoms with E-state index in [4.69, 9.17) is 20.3 Å². The van der Waals surface area contributed by atoms with Gasteiger partial charge in [0.25, 0.3) is 0 Å². The highest BCUT2D eigenvalue weighted by Crippen LogP contribution is 2.41. The summed E-state index contributed by atoms with van der Waals surface area (Å²) in [6, 6.07) is 3.46. The summed E-state index contributed by atoms with van der Waals surface area (Å²) in [6.07, 6.45) is -1.87. The second-order valence-corrected chi connectivity index (χ2v) is 5.14. The van der Waals surface area contributed by atoms with Crippen LogP contribution in [-0.4, -0.2) is 11.7 Å². The van der Waals surface area contributed by atoms with E-state index in [-0.39, 0.29) is 54.2 Å². The molecule has 2 aromatic rings. The van der Waals surface area contributed by atoms with Gasteiger partial charge in [-0.05, 0) is 12.1 Å². The van der Waals surface area contributed by atoms with Crippen LogP contribution in [0.15, 0.2) is 43.7 Å². The third-order valence-electron chi connectivity index (χ3n) is 3.56. The van der Waals surface area contributed by atoms with Gasteiger partial charge in [0.2, 0.25) is 5.96 Å². The van der Waals surface area contributed by atoms with Gasteiger partial charge in [-0.1, -0.05) is 0 Å². The fourth-order valence-corrected chi connectivity index (χ4v) is 2.64. The fourth-order valence-electron chi connectivity index (χ4n) is 2.64. The molecule has 3 rings (SSSR count). The molecule has 1 aliphatic carbocycles. The topological polar surface area (TPSA) is 103 Å². The summed E-state index contributed by atoms with van der Waals surface area (Å²) in [5.74, 6) is 0.293. The molecule has 0 bridgehead atoms. The van der Waals surface area contributed by atoms with Gasteiger partial charge in [-0.2, -0.15) is 18.3 Å². The molecule has 1 aliphatic rings. The third kappa shape index (κ3) is 3.40. The maximum Gasteiger partial charge on any atom is 0.420 e. The van der Waals surface area contributed by atoms with Gasteiger partial charge < -0.3 is 20.3 Å². The van der Waals surface area contributed by atoms with Crippen LogP contribution in [0.3, 0.4) is 0 Å². The van der Waals surface area contributed by atoms with E-state index in [0.717, 1.165) is 0 Å². The number of rotatable bonds is 2. The lowest BCUT2D eigenvalue weighted by Crippen LogP contribution is -2.24. The molecule has 10 heteroatoms. The Kier molecular flexibility index (Phi) is 4.93. The highest BCUT2D eigenvalue weighted by Gasteiger charge is 2.41. The number of guanidine groups is 1. The lowest BCUT2D eigenvalue weighted by Gasteiger charge is -2.21. The molecule has 0 amide bonds. The van der Waals surface area contributed by atoms with Crippen LogP contribution >= 0.6 is 12.4 Å². The van der Waals surface area contributed by atoms with Crippen molar-refractivity contribution in [2.24, 2.45) is 21.7 Å². The number of furan rings is 2. The lowest BCUT2D eigenvalue weighted by molar-refractivity contribution is -0.138. The molecule has 0 saturated carbocycles. The number of nitrogens with two attached hydrogens (primary N) is 2. The van der Waals surface area contributed by atoms with Crippen molar-refractivity contribution in [2.45, 2.75) is 24.9 Å². The Labute approximate surface area is 140 Å². The van der Waals surface area contributed by atoms with Crippen molar-refractivity contribution in [3.05, 3.63) is 47.3 Å². The molecule has 0 aromatic carbocycles. The second kappa shape index (κ2) is 6.60. The zero-order chi connectivity index (χ0) is 16.6. The number of fused-ring (bicyclic) bond motifs is 1. The molecule has 2 heterocycles. The van der Waals surface area contributed by atoms with Gasteiger partial charge in [-0.3, -0.25) is 0 Å². The van der Waals surface area contributed by atoms with Crippen molar-refractivity contribution in [1.82, 2.24) is 0 Å². The Balaban J connectivity index is 0.00000208. The summed E-state index contributed by atoms with van der Waals surface area (Å²) in [6.45, 7) is 0. The van der Waals surface area contributed by atoms with Gasteiger partial charge in [0.05, 0.1) is 17.5 Å².